The van der Waals surface area contributed by atoms with E-state index in [9.17, 15) is 0 Å². The summed E-state index contributed by atoms with van der Waals surface area (Å²) >= 11 is 0. The van der Waals surface area contributed by atoms with Crippen LogP contribution in [0.25, 0.3) is 0 Å². The van der Waals surface area contributed by atoms with E-state index in [0.717, 1.165) is 25.1 Å². The van der Waals surface area contributed by atoms with Gasteiger partial charge in [0, 0.05) is 13.2 Å². The SMILES string of the molecule is CNCC(Cc1cccc(OC)c1)Cc1cnn(C)c1. The molecule has 0 fully saturated rings. The van der Waals surface area contributed by atoms with Gasteiger partial charge in [0.25, 0.3) is 0 Å². The predicted molar refractivity (Wildman–Crippen MR) is 81.0 cm³/mol. The summed E-state index contributed by atoms with van der Waals surface area (Å²) in [6, 6.07) is 8.31. The van der Waals surface area contributed by atoms with Crippen LogP contribution in [0.4, 0.5) is 0 Å². The molecule has 0 bridgehead atoms. The van der Waals surface area contributed by atoms with Gasteiger partial charge in [-0.15, -0.1) is 0 Å². The zero-order chi connectivity index (χ0) is 14.4. The molecular weight excluding hydrogens is 250 g/mol. The minimum atomic E-state index is 0.552. The number of nitrogens with one attached hydrogen (secondary N) is 1. The Hall–Kier alpha value is -1.81. The smallest absolute Gasteiger partial charge is 0.119 e. The van der Waals surface area contributed by atoms with Crippen molar-refractivity contribution in [1.82, 2.24) is 15.1 Å². The minimum Gasteiger partial charge on any atom is -0.497 e. The Labute approximate surface area is 120 Å². The van der Waals surface area contributed by atoms with Crippen molar-refractivity contribution in [3.05, 3.63) is 47.8 Å². The molecule has 1 aromatic heterocycles. The number of hydrogen-bond donors (Lipinski definition) is 1. The number of benzene rings is 1. The second-order valence-electron chi connectivity index (χ2n) is 5.21. The summed E-state index contributed by atoms with van der Waals surface area (Å²) in [5.41, 5.74) is 2.60. The summed E-state index contributed by atoms with van der Waals surface area (Å²) in [6.45, 7) is 0.992. The van der Waals surface area contributed by atoms with Crippen LogP contribution in [-0.4, -0.2) is 30.5 Å². The molecule has 0 spiro atoms. The first-order valence-corrected chi connectivity index (χ1v) is 6.96. The third-order valence-corrected chi connectivity index (χ3v) is 3.43. The van der Waals surface area contributed by atoms with Crippen molar-refractivity contribution >= 4 is 0 Å². The molecule has 1 heterocycles. The quantitative estimate of drug-likeness (QED) is 0.839. The molecule has 0 amide bonds. The van der Waals surface area contributed by atoms with Crippen LogP contribution in [0.5, 0.6) is 5.75 Å². The molecule has 20 heavy (non-hydrogen) atoms. The van der Waals surface area contributed by atoms with E-state index < -0.39 is 0 Å². The molecule has 1 N–H and O–H groups in total. The largest absolute Gasteiger partial charge is 0.497 e. The van der Waals surface area contributed by atoms with E-state index in [0.29, 0.717) is 5.92 Å². The normalized spacial score (nSPS) is 12.3. The zero-order valence-corrected chi connectivity index (χ0v) is 12.5. The van der Waals surface area contributed by atoms with Gasteiger partial charge in [-0.2, -0.15) is 5.10 Å². The molecule has 1 atom stereocenters. The van der Waals surface area contributed by atoms with Crippen molar-refractivity contribution in [2.45, 2.75) is 12.8 Å². The summed E-state index contributed by atoms with van der Waals surface area (Å²) < 4.78 is 7.15. The van der Waals surface area contributed by atoms with Gasteiger partial charge in [0.2, 0.25) is 0 Å². The number of aryl methyl sites for hydroxylation is 1. The lowest BCUT2D eigenvalue weighted by atomic mass is 9.93. The van der Waals surface area contributed by atoms with Crippen LogP contribution < -0.4 is 10.1 Å². The molecule has 1 aromatic carbocycles. The first-order chi connectivity index (χ1) is 9.71. The van der Waals surface area contributed by atoms with Gasteiger partial charge in [-0.3, -0.25) is 4.68 Å². The van der Waals surface area contributed by atoms with Gasteiger partial charge in [0.05, 0.1) is 13.3 Å². The maximum atomic E-state index is 5.29. The van der Waals surface area contributed by atoms with Gasteiger partial charge in [-0.05, 0) is 55.6 Å². The van der Waals surface area contributed by atoms with Crippen LogP contribution in [0.15, 0.2) is 36.7 Å². The molecule has 0 aliphatic heterocycles. The van der Waals surface area contributed by atoms with Gasteiger partial charge in [0.1, 0.15) is 5.75 Å². The standard InChI is InChI=1S/C16H23N3O/c1-17-10-14(8-15-11-18-19(2)12-15)7-13-5-4-6-16(9-13)20-3/h4-6,9,11-12,14,17H,7-8,10H2,1-3H3. The van der Waals surface area contributed by atoms with Gasteiger partial charge in [-0.25, -0.2) is 0 Å². The van der Waals surface area contributed by atoms with Crippen molar-refractivity contribution in [3.8, 4) is 5.75 Å². The molecule has 1 unspecified atom stereocenters. The van der Waals surface area contributed by atoms with Gasteiger partial charge in [-0.1, -0.05) is 12.1 Å². The summed E-state index contributed by atoms with van der Waals surface area (Å²) in [5.74, 6) is 1.48. The molecule has 0 aliphatic rings. The number of ether oxygens (including phenoxy) is 1. The lowest BCUT2D eigenvalue weighted by molar-refractivity contribution is 0.413. The zero-order valence-electron chi connectivity index (χ0n) is 12.5. The molecule has 0 saturated carbocycles. The van der Waals surface area contributed by atoms with E-state index in [1.54, 1.807) is 7.11 Å². The summed E-state index contributed by atoms with van der Waals surface area (Å²) in [5, 5.41) is 7.53. The Kier molecular flexibility index (Phi) is 5.18. The number of hydrogen-bond acceptors (Lipinski definition) is 3. The molecule has 0 radical (unpaired) electrons. The van der Waals surface area contributed by atoms with E-state index in [1.807, 2.05) is 31.0 Å². The van der Waals surface area contributed by atoms with Gasteiger partial charge < -0.3 is 10.1 Å². The highest BCUT2D eigenvalue weighted by Gasteiger charge is 2.11. The number of rotatable bonds is 7. The van der Waals surface area contributed by atoms with Crippen LogP contribution >= 0.6 is 0 Å². The van der Waals surface area contributed by atoms with Gasteiger partial charge >= 0.3 is 0 Å². The van der Waals surface area contributed by atoms with E-state index >= 15 is 0 Å². The second kappa shape index (κ2) is 7.10. The number of aromatic nitrogens is 2. The lowest BCUT2D eigenvalue weighted by Gasteiger charge is -2.16. The molecule has 2 aromatic rings. The van der Waals surface area contributed by atoms with E-state index in [1.165, 1.54) is 11.1 Å². The Bertz CT molecular complexity index is 536. The van der Waals surface area contributed by atoms with Crippen molar-refractivity contribution in [2.24, 2.45) is 13.0 Å². The second-order valence-corrected chi connectivity index (χ2v) is 5.21. The molecule has 0 saturated heterocycles. The third-order valence-electron chi connectivity index (χ3n) is 3.43. The average molecular weight is 273 g/mol. The van der Waals surface area contributed by atoms with Crippen molar-refractivity contribution in [3.63, 3.8) is 0 Å². The third kappa shape index (κ3) is 4.10. The fourth-order valence-corrected chi connectivity index (χ4v) is 2.55. The molecule has 4 heteroatoms. The maximum Gasteiger partial charge on any atom is 0.119 e. The van der Waals surface area contributed by atoms with Crippen molar-refractivity contribution in [1.29, 1.82) is 0 Å². The summed E-state index contributed by atoms with van der Waals surface area (Å²) in [7, 11) is 5.67. The Balaban J connectivity index is 2.04. The number of methoxy groups -OCH3 is 1. The van der Waals surface area contributed by atoms with Crippen LogP contribution in [0, 0.1) is 5.92 Å². The average Bonchev–Trinajstić information content (AvgIpc) is 2.84. The van der Waals surface area contributed by atoms with Gasteiger partial charge in [0.15, 0.2) is 0 Å². The Morgan fingerprint density at radius 1 is 1.30 bits per heavy atom. The van der Waals surface area contributed by atoms with Crippen LogP contribution in [-0.2, 0) is 19.9 Å². The van der Waals surface area contributed by atoms with E-state index in [2.05, 4.69) is 34.8 Å². The minimum absolute atomic E-state index is 0.552. The van der Waals surface area contributed by atoms with Crippen molar-refractivity contribution < 1.29 is 4.74 Å². The number of nitrogens with zero attached hydrogens (tertiary/aromatic N) is 2. The highest BCUT2D eigenvalue weighted by Crippen LogP contribution is 2.18. The predicted octanol–water partition coefficient (Wildman–Crippen LogP) is 2.05. The first kappa shape index (κ1) is 14.6. The maximum absolute atomic E-state index is 5.29. The fourth-order valence-electron chi connectivity index (χ4n) is 2.55. The van der Waals surface area contributed by atoms with Crippen molar-refractivity contribution in [2.75, 3.05) is 20.7 Å². The van der Waals surface area contributed by atoms with E-state index in [-0.39, 0.29) is 0 Å². The Morgan fingerprint density at radius 2 is 2.10 bits per heavy atom. The van der Waals surface area contributed by atoms with Crippen LogP contribution in [0.1, 0.15) is 11.1 Å². The summed E-state index contributed by atoms with van der Waals surface area (Å²) in [4.78, 5) is 0. The van der Waals surface area contributed by atoms with Crippen LogP contribution in [0.3, 0.4) is 0 Å². The first-order valence-electron chi connectivity index (χ1n) is 6.96. The van der Waals surface area contributed by atoms with Crippen LogP contribution in [0.2, 0.25) is 0 Å². The molecule has 0 aliphatic carbocycles. The van der Waals surface area contributed by atoms with E-state index in [4.69, 9.17) is 4.74 Å². The molecule has 108 valence electrons. The Morgan fingerprint density at radius 3 is 2.75 bits per heavy atom. The summed E-state index contributed by atoms with van der Waals surface area (Å²) in [6.07, 6.45) is 6.11. The fraction of sp³-hybridized carbons (Fsp3) is 0.438. The lowest BCUT2D eigenvalue weighted by Crippen LogP contribution is -2.22. The topological polar surface area (TPSA) is 39.1 Å². The molecule has 4 nitrogen and oxygen atoms in total. The highest BCUT2D eigenvalue weighted by molar-refractivity contribution is 5.28. The monoisotopic (exact) mass is 273 g/mol. The molecule has 2 rings (SSSR count). The highest BCUT2D eigenvalue weighted by atomic mass is 16.5. The molecular formula is C16H23N3O.